The highest BCUT2D eigenvalue weighted by molar-refractivity contribution is 6.03. The van der Waals surface area contributed by atoms with Gasteiger partial charge in [0, 0.05) is 54.3 Å². The molecule has 0 saturated carbocycles. The van der Waals surface area contributed by atoms with Crippen molar-refractivity contribution in [3.63, 3.8) is 0 Å². The van der Waals surface area contributed by atoms with Gasteiger partial charge in [0.1, 0.15) is 11.9 Å². The summed E-state index contributed by atoms with van der Waals surface area (Å²) in [5, 5.41) is 15.3. The minimum Gasteiger partial charge on any atom is -0.383 e. The molecule has 3 N–H and O–H groups in total. The number of amides is 2. The molecule has 3 heterocycles. The number of halogens is 3. The van der Waals surface area contributed by atoms with E-state index in [1.807, 2.05) is 12.1 Å². The number of fused-ring (bicyclic) bond motifs is 1. The Morgan fingerprint density at radius 3 is 2.45 bits per heavy atom. The van der Waals surface area contributed by atoms with Crippen LogP contribution in [-0.4, -0.2) is 41.1 Å². The Labute approximate surface area is 229 Å². The number of rotatable bonds is 6. The molecule has 0 aliphatic carbocycles. The summed E-state index contributed by atoms with van der Waals surface area (Å²) < 4.78 is 39.4. The highest BCUT2D eigenvalue weighted by Gasteiger charge is 2.30. The Balaban J connectivity index is 1.39. The Morgan fingerprint density at radius 2 is 1.77 bits per heavy atom. The molecular formula is C30H27F3N4O3. The molecule has 1 unspecified atom stereocenters. The number of benzene rings is 2. The molecule has 1 aromatic heterocycles. The zero-order chi connectivity index (χ0) is 28.3. The molecule has 40 heavy (non-hydrogen) atoms. The first-order chi connectivity index (χ1) is 19.2. The average Bonchev–Trinajstić information content (AvgIpc) is 3.47. The third kappa shape index (κ3) is 6.07. The van der Waals surface area contributed by atoms with Crippen LogP contribution in [0.2, 0.25) is 0 Å². The van der Waals surface area contributed by atoms with Gasteiger partial charge in [-0.1, -0.05) is 30.4 Å². The lowest BCUT2D eigenvalue weighted by molar-refractivity contribution is -0.137. The van der Waals surface area contributed by atoms with Gasteiger partial charge < -0.3 is 20.6 Å². The lowest BCUT2D eigenvalue weighted by Crippen LogP contribution is -2.34. The van der Waals surface area contributed by atoms with Gasteiger partial charge in [0.15, 0.2) is 0 Å². The molecule has 2 amide bonds. The first-order valence-electron chi connectivity index (χ1n) is 12.9. The van der Waals surface area contributed by atoms with Gasteiger partial charge in [-0.05, 0) is 60.4 Å². The first-order valence-corrected chi connectivity index (χ1v) is 12.9. The second-order valence-electron chi connectivity index (χ2n) is 9.64. The maximum Gasteiger partial charge on any atom is 0.416 e. The van der Waals surface area contributed by atoms with Gasteiger partial charge in [-0.3, -0.25) is 9.59 Å². The van der Waals surface area contributed by atoms with Crippen molar-refractivity contribution in [3.05, 3.63) is 101 Å². The molecule has 0 radical (unpaired) electrons. The molecule has 2 aliphatic rings. The second-order valence-corrected chi connectivity index (χ2v) is 9.64. The smallest absolute Gasteiger partial charge is 0.383 e. The molecule has 1 atom stereocenters. The minimum absolute atomic E-state index is 0.0692. The summed E-state index contributed by atoms with van der Waals surface area (Å²) in [4.78, 5) is 31.2. The fraction of sp³-hybridized carbons (Fsp3) is 0.233. The maximum atomic E-state index is 13.1. The van der Waals surface area contributed by atoms with Crippen molar-refractivity contribution >= 4 is 34.6 Å². The molecule has 1 saturated heterocycles. The predicted octanol–water partition coefficient (Wildman–Crippen LogP) is 5.18. The molecule has 2 aliphatic heterocycles. The van der Waals surface area contributed by atoms with Crippen molar-refractivity contribution in [2.24, 2.45) is 0 Å². The highest BCUT2D eigenvalue weighted by atomic mass is 19.4. The van der Waals surface area contributed by atoms with Gasteiger partial charge in [0.25, 0.3) is 5.91 Å². The van der Waals surface area contributed by atoms with Crippen LogP contribution in [0.5, 0.6) is 0 Å². The standard InChI is InChI=1S/C30H27F3N4O3/c31-30(32,33)21-12-9-19(10-13-21)22(20-11-14-27(34-18-20)37-15-1-2-16-37)5-3-8-28(39)35-24-6-4-7-25-23(24)17-26(38)29(40)36-25/h3-14,18,26,38H,1-2,15-17H2,(H,35,39)(H,36,40)/b8-3+,22-5-. The number of carbonyl (C=O) groups is 2. The maximum absolute atomic E-state index is 13.1. The van der Waals surface area contributed by atoms with Crippen LogP contribution in [0.3, 0.4) is 0 Å². The number of nitrogens with one attached hydrogen (secondary N) is 2. The van der Waals surface area contributed by atoms with Crippen molar-refractivity contribution in [3.8, 4) is 0 Å². The Morgan fingerprint density at radius 1 is 1.05 bits per heavy atom. The van der Waals surface area contributed by atoms with Crippen LogP contribution in [0.15, 0.2) is 79.0 Å². The molecule has 0 bridgehead atoms. The normalized spacial score (nSPS) is 17.6. The second kappa shape index (κ2) is 11.4. The van der Waals surface area contributed by atoms with Crippen molar-refractivity contribution in [1.29, 1.82) is 0 Å². The van der Waals surface area contributed by atoms with Crippen LogP contribution in [0.4, 0.5) is 30.4 Å². The van der Waals surface area contributed by atoms with E-state index >= 15 is 0 Å². The van der Waals surface area contributed by atoms with Crippen LogP contribution in [0.25, 0.3) is 5.57 Å². The van der Waals surface area contributed by atoms with E-state index in [1.54, 1.807) is 30.5 Å². The lowest BCUT2D eigenvalue weighted by Gasteiger charge is -2.23. The number of nitrogens with zero attached hydrogens (tertiary/aromatic N) is 2. The topological polar surface area (TPSA) is 94.6 Å². The number of hydrogen-bond donors (Lipinski definition) is 3. The van der Waals surface area contributed by atoms with Gasteiger partial charge in [0.05, 0.1) is 5.56 Å². The van der Waals surface area contributed by atoms with E-state index in [0.29, 0.717) is 33.6 Å². The number of allylic oxidation sites excluding steroid dienone is 2. The number of aromatic nitrogens is 1. The third-order valence-electron chi connectivity index (χ3n) is 6.91. The number of carbonyl (C=O) groups excluding carboxylic acids is 2. The van der Waals surface area contributed by atoms with Crippen LogP contribution >= 0.6 is 0 Å². The Hall–Kier alpha value is -4.44. The predicted molar refractivity (Wildman–Crippen MR) is 147 cm³/mol. The van der Waals surface area contributed by atoms with Crippen LogP contribution < -0.4 is 15.5 Å². The molecule has 10 heteroatoms. The molecule has 5 rings (SSSR count). The fourth-order valence-corrected chi connectivity index (χ4v) is 4.83. The largest absolute Gasteiger partial charge is 0.416 e. The van der Waals surface area contributed by atoms with E-state index in [4.69, 9.17) is 0 Å². The lowest BCUT2D eigenvalue weighted by atomic mass is 9.97. The minimum atomic E-state index is -4.45. The SMILES string of the molecule is O=C(/C=C/C=C(/c1ccc(C(F)(F)F)cc1)c1ccc(N2CCCC2)nc1)Nc1cccc2c1CC(O)C(=O)N2. The van der Waals surface area contributed by atoms with Crippen molar-refractivity contribution < 1.29 is 27.9 Å². The molecular weight excluding hydrogens is 521 g/mol. The van der Waals surface area contributed by atoms with E-state index in [1.165, 1.54) is 24.3 Å². The van der Waals surface area contributed by atoms with Crippen molar-refractivity contribution in [1.82, 2.24) is 4.98 Å². The fourth-order valence-electron chi connectivity index (χ4n) is 4.83. The monoisotopic (exact) mass is 548 g/mol. The zero-order valence-corrected chi connectivity index (χ0v) is 21.4. The molecule has 2 aromatic carbocycles. The average molecular weight is 549 g/mol. The summed E-state index contributed by atoms with van der Waals surface area (Å²) in [6.07, 6.45) is 2.77. The molecule has 1 fully saturated rings. The molecule has 7 nitrogen and oxygen atoms in total. The van der Waals surface area contributed by atoms with Gasteiger partial charge in [0.2, 0.25) is 5.91 Å². The van der Waals surface area contributed by atoms with Gasteiger partial charge >= 0.3 is 6.18 Å². The van der Waals surface area contributed by atoms with Crippen molar-refractivity contribution in [2.45, 2.75) is 31.5 Å². The highest BCUT2D eigenvalue weighted by Crippen LogP contribution is 2.32. The number of anilines is 3. The van der Waals surface area contributed by atoms with E-state index in [0.717, 1.165) is 43.9 Å². The summed E-state index contributed by atoms with van der Waals surface area (Å²) in [5.41, 5.74) is 2.67. The van der Waals surface area contributed by atoms with E-state index in [2.05, 4.69) is 20.5 Å². The number of hydrogen-bond acceptors (Lipinski definition) is 5. The van der Waals surface area contributed by atoms with Gasteiger partial charge in [-0.25, -0.2) is 4.98 Å². The summed E-state index contributed by atoms with van der Waals surface area (Å²) in [6.45, 7) is 1.86. The van der Waals surface area contributed by atoms with Gasteiger partial charge in [-0.2, -0.15) is 13.2 Å². The van der Waals surface area contributed by atoms with Crippen LogP contribution in [0, 0.1) is 0 Å². The molecule has 0 spiro atoms. The Bertz CT molecular complexity index is 1460. The summed E-state index contributed by atoms with van der Waals surface area (Å²) in [6, 6.07) is 13.6. The van der Waals surface area contributed by atoms with E-state index < -0.39 is 29.7 Å². The van der Waals surface area contributed by atoms with Crippen LogP contribution in [-0.2, 0) is 22.2 Å². The molecule has 206 valence electrons. The number of pyridine rings is 1. The van der Waals surface area contributed by atoms with Crippen molar-refractivity contribution in [2.75, 3.05) is 28.6 Å². The third-order valence-corrected chi connectivity index (χ3v) is 6.91. The number of aliphatic hydroxyl groups excluding tert-OH is 1. The summed E-state index contributed by atoms with van der Waals surface area (Å²) >= 11 is 0. The number of aliphatic hydroxyl groups is 1. The van der Waals surface area contributed by atoms with E-state index in [-0.39, 0.29) is 6.42 Å². The summed E-state index contributed by atoms with van der Waals surface area (Å²) in [5.74, 6) is -0.111. The molecule has 3 aromatic rings. The Kier molecular flexibility index (Phi) is 7.70. The van der Waals surface area contributed by atoms with Gasteiger partial charge in [-0.15, -0.1) is 0 Å². The summed E-state index contributed by atoms with van der Waals surface area (Å²) in [7, 11) is 0. The number of alkyl halides is 3. The van der Waals surface area contributed by atoms with Crippen LogP contribution in [0.1, 0.15) is 35.1 Å². The zero-order valence-electron chi connectivity index (χ0n) is 21.4. The first kappa shape index (κ1) is 27.1. The quantitative estimate of drug-likeness (QED) is 0.292. The van der Waals surface area contributed by atoms with E-state index in [9.17, 15) is 27.9 Å².